The predicted octanol–water partition coefficient (Wildman–Crippen LogP) is 0.363. The Hall–Kier alpha value is -0.610. The van der Waals surface area contributed by atoms with E-state index < -0.39 is 0 Å². The number of rotatable bonds is 3. The normalized spacial score (nSPS) is 27.8. The topological polar surface area (TPSA) is 55.6 Å². The molecule has 0 aromatic heterocycles. The lowest BCUT2D eigenvalue weighted by molar-refractivity contribution is -0.146. The molecule has 1 unspecified atom stereocenters. The van der Waals surface area contributed by atoms with E-state index in [1.165, 1.54) is 0 Å². The predicted molar refractivity (Wildman–Crippen MR) is 54.9 cm³/mol. The standard InChI is InChI=1S/C10H20N2O2/c1-3-4-9(13)12-5-6-14-10(2,7-11)8-12/h3-8,11H2,1-2H3. The van der Waals surface area contributed by atoms with Gasteiger partial charge in [0.05, 0.1) is 18.8 Å². The first kappa shape index (κ1) is 11.5. The molecule has 1 heterocycles. The number of hydrogen-bond donors (Lipinski definition) is 1. The highest BCUT2D eigenvalue weighted by molar-refractivity contribution is 5.76. The van der Waals surface area contributed by atoms with Crippen LogP contribution in [0.5, 0.6) is 0 Å². The lowest BCUT2D eigenvalue weighted by Crippen LogP contribution is -2.55. The molecule has 1 rings (SSSR count). The molecule has 1 fully saturated rings. The molecule has 1 atom stereocenters. The minimum Gasteiger partial charge on any atom is -0.370 e. The second kappa shape index (κ2) is 4.75. The van der Waals surface area contributed by atoms with Crippen LogP contribution in [0.4, 0.5) is 0 Å². The molecule has 82 valence electrons. The van der Waals surface area contributed by atoms with Crippen LogP contribution in [0, 0.1) is 0 Å². The van der Waals surface area contributed by atoms with Gasteiger partial charge in [-0.05, 0) is 13.3 Å². The van der Waals surface area contributed by atoms with Gasteiger partial charge >= 0.3 is 0 Å². The molecule has 2 N–H and O–H groups in total. The zero-order valence-electron chi connectivity index (χ0n) is 9.08. The summed E-state index contributed by atoms with van der Waals surface area (Å²) >= 11 is 0. The highest BCUT2D eigenvalue weighted by Crippen LogP contribution is 2.16. The first-order chi connectivity index (χ1) is 6.61. The number of carbonyl (C=O) groups excluding carboxylic acids is 1. The number of morpholine rings is 1. The molecular formula is C10H20N2O2. The number of nitrogens with two attached hydrogens (primary N) is 1. The van der Waals surface area contributed by atoms with Crippen LogP contribution in [0.2, 0.25) is 0 Å². The number of nitrogens with zero attached hydrogens (tertiary/aromatic N) is 1. The smallest absolute Gasteiger partial charge is 0.222 e. The Balaban J connectivity index is 2.51. The van der Waals surface area contributed by atoms with E-state index in [2.05, 4.69) is 0 Å². The van der Waals surface area contributed by atoms with Gasteiger partial charge in [0.25, 0.3) is 0 Å². The van der Waals surface area contributed by atoms with Crippen LogP contribution in [-0.2, 0) is 9.53 Å². The fourth-order valence-electron chi connectivity index (χ4n) is 1.64. The van der Waals surface area contributed by atoms with Crippen LogP contribution in [-0.4, -0.2) is 42.6 Å². The largest absolute Gasteiger partial charge is 0.370 e. The van der Waals surface area contributed by atoms with Crippen molar-refractivity contribution < 1.29 is 9.53 Å². The van der Waals surface area contributed by atoms with Crippen molar-refractivity contribution in [3.63, 3.8) is 0 Å². The van der Waals surface area contributed by atoms with E-state index >= 15 is 0 Å². The summed E-state index contributed by atoms with van der Waals surface area (Å²) in [6.07, 6.45) is 1.52. The number of carbonyl (C=O) groups is 1. The van der Waals surface area contributed by atoms with E-state index in [-0.39, 0.29) is 11.5 Å². The van der Waals surface area contributed by atoms with Crippen molar-refractivity contribution >= 4 is 5.91 Å². The second-order valence-corrected chi connectivity index (χ2v) is 4.07. The molecule has 4 heteroatoms. The number of ether oxygens (including phenoxy) is 1. The Morgan fingerprint density at radius 2 is 2.36 bits per heavy atom. The van der Waals surface area contributed by atoms with Crippen LogP contribution < -0.4 is 5.73 Å². The summed E-state index contributed by atoms with van der Waals surface area (Å²) in [5.74, 6) is 0.218. The van der Waals surface area contributed by atoms with E-state index in [1.54, 1.807) is 0 Å². The van der Waals surface area contributed by atoms with Crippen LogP contribution in [0.1, 0.15) is 26.7 Å². The first-order valence-corrected chi connectivity index (χ1v) is 5.23. The third kappa shape index (κ3) is 2.69. The van der Waals surface area contributed by atoms with E-state index in [0.29, 0.717) is 32.7 Å². The highest BCUT2D eigenvalue weighted by Gasteiger charge is 2.32. The summed E-state index contributed by atoms with van der Waals surface area (Å²) in [7, 11) is 0. The van der Waals surface area contributed by atoms with Gasteiger partial charge in [-0.3, -0.25) is 4.79 Å². The Labute approximate surface area is 85.4 Å². The van der Waals surface area contributed by atoms with Crippen molar-refractivity contribution in [1.82, 2.24) is 4.90 Å². The molecule has 0 aromatic rings. The summed E-state index contributed by atoms with van der Waals surface area (Å²) in [5.41, 5.74) is 5.27. The molecular weight excluding hydrogens is 180 g/mol. The molecule has 1 saturated heterocycles. The Bertz CT molecular complexity index is 208. The van der Waals surface area contributed by atoms with Gasteiger partial charge in [-0.1, -0.05) is 6.92 Å². The van der Waals surface area contributed by atoms with E-state index in [0.717, 1.165) is 6.42 Å². The lowest BCUT2D eigenvalue weighted by atomic mass is 10.0. The fourth-order valence-corrected chi connectivity index (χ4v) is 1.64. The Kier molecular flexibility index (Phi) is 3.89. The summed E-state index contributed by atoms with van der Waals surface area (Å²) in [5, 5.41) is 0. The average molecular weight is 200 g/mol. The third-order valence-electron chi connectivity index (χ3n) is 2.59. The van der Waals surface area contributed by atoms with Gasteiger partial charge in [0.1, 0.15) is 0 Å². The molecule has 0 aromatic carbocycles. The van der Waals surface area contributed by atoms with Crippen molar-refractivity contribution in [3.05, 3.63) is 0 Å². The molecule has 1 amide bonds. The average Bonchev–Trinajstić information content (AvgIpc) is 2.18. The molecule has 1 aliphatic heterocycles. The Morgan fingerprint density at radius 1 is 1.64 bits per heavy atom. The molecule has 0 spiro atoms. The van der Waals surface area contributed by atoms with Crippen molar-refractivity contribution in [1.29, 1.82) is 0 Å². The van der Waals surface area contributed by atoms with Gasteiger partial charge < -0.3 is 15.4 Å². The number of amides is 1. The van der Waals surface area contributed by atoms with Crippen molar-refractivity contribution in [2.45, 2.75) is 32.3 Å². The fraction of sp³-hybridized carbons (Fsp3) is 0.900. The summed E-state index contributed by atoms with van der Waals surface area (Å²) in [4.78, 5) is 13.5. The van der Waals surface area contributed by atoms with E-state index in [1.807, 2.05) is 18.7 Å². The molecule has 0 bridgehead atoms. The maximum absolute atomic E-state index is 11.6. The van der Waals surface area contributed by atoms with Gasteiger partial charge in [0, 0.05) is 19.5 Å². The molecule has 1 aliphatic rings. The number of hydrogen-bond acceptors (Lipinski definition) is 3. The SMILES string of the molecule is CCCC(=O)N1CCOC(C)(CN)C1. The highest BCUT2D eigenvalue weighted by atomic mass is 16.5. The van der Waals surface area contributed by atoms with Crippen LogP contribution in [0.25, 0.3) is 0 Å². The van der Waals surface area contributed by atoms with Crippen LogP contribution >= 0.6 is 0 Å². The summed E-state index contributed by atoms with van der Waals surface area (Å²) in [6, 6.07) is 0. The van der Waals surface area contributed by atoms with Gasteiger partial charge in [-0.15, -0.1) is 0 Å². The van der Waals surface area contributed by atoms with Gasteiger partial charge in [-0.2, -0.15) is 0 Å². The lowest BCUT2D eigenvalue weighted by Gasteiger charge is -2.39. The van der Waals surface area contributed by atoms with Gasteiger partial charge in [0.2, 0.25) is 5.91 Å². The van der Waals surface area contributed by atoms with Gasteiger partial charge in [0.15, 0.2) is 0 Å². The third-order valence-corrected chi connectivity index (χ3v) is 2.59. The van der Waals surface area contributed by atoms with E-state index in [9.17, 15) is 4.79 Å². The molecule has 0 saturated carbocycles. The van der Waals surface area contributed by atoms with Crippen LogP contribution in [0.15, 0.2) is 0 Å². The maximum Gasteiger partial charge on any atom is 0.222 e. The monoisotopic (exact) mass is 200 g/mol. The zero-order valence-corrected chi connectivity index (χ0v) is 9.08. The minimum absolute atomic E-state index is 0.218. The molecule has 0 radical (unpaired) electrons. The summed E-state index contributed by atoms with van der Waals surface area (Å²) < 4.78 is 5.55. The van der Waals surface area contributed by atoms with Crippen molar-refractivity contribution in [2.24, 2.45) is 5.73 Å². The first-order valence-electron chi connectivity index (χ1n) is 5.23. The maximum atomic E-state index is 11.6. The zero-order chi connectivity index (χ0) is 10.6. The molecule has 0 aliphatic carbocycles. The molecule has 14 heavy (non-hydrogen) atoms. The molecule has 4 nitrogen and oxygen atoms in total. The van der Waals surface area contributed by atoms with Gasteiger partial charge in [-0.25, -0.2) is 0 Å². The van der Waals surface area contributed by atoms with Crippen LogP contribution in [0.3, 0.4) is 0 Å². The summed E-state index contributed by atoms with van der Waals surface area (Å²) in [6.45, 7) is 6.36. The Morgan fingerprint density at radius 3 is 2.93 bits per heavy atom. The van der Waals surface area contributed by atoms with Crippen molar-refractivity contribution in [2.75, 3.05) is 26.2 Å². The quantitative estimate of drug-likeness (QED) is 0.715. The second-order valence-electron chi connectivity index (χ2n) is 4.07. The van der Waals surface area contributed by atoms with Crippen molar-refractivity contribution in [3.8, 4) is 0 Å². The minimum atomic E-state index is -0.346. The van der Waals surface area contributed by atoms with E-state index in [4.69, 9.17) is 10.5 Å².